The Hall–Kier alpha value is -4.34. The zero-order valence-corrected chi connectivity index (χ0v) is 19.0. The van der Waals surface area contributed by atoms with Gasteiger partial charge in [-0.2, -0.15) is 4.39 Å². The van der Waals surface area contributed by atoms with Crippen LogP contribution in [0.2, 0.25) is 0 Å². The number of hydrogen-bond donors (Lipinski definition) is 1. The quantitative estimate of drug-likeness (QED) is 0.416. The fourth-order valence-electron chi connectivity index (χ4n) is 3.40. The number of hydrogen-bond acceptors (Lipinski definition) is 6. The minimum absolute atomic E-state index is 0.161. The van der Waals surface area contributed by atoms with Crippen LogP contribution in [-0.4, -0.2) is 49.5 Å². The second-order valence-electron chi connectivity index (χ2n) is 8.56. The molecule has 4 aromatic heterocycles. The maximum atomic E-state index is 15.0. The Labute approximate surface area is 194 Å². The number of nitrogens with zero attached hydrogens (tertiary/aromatic N) is 5. The van der Waals surface area contributed by atoms with Gasteiger partial charge in [0, 0.05) is 36.0 Å². The van der Waals surface area contributed by atoms with E-state index in [9.17, 15) is 19.1 Å². The van der Waals surface area contributed by atoms with Gasteiger partial charge in [0.2, 0.25) is 5.95 Å². The molecule has 174 valence electrons. The molecule has 0 aromatic carbocycles. The molecule has 0 radical (unpaired) electrons. The lowest BCUT2D eigenvalue weighted by Crippen LogP contribution is -2.34. The third-order valence-electron chi connectivity index (χ3n) is 4.98. The van der Waals surface area contributed by atoms with Crippen molar-refractivity contribution in [3.8, 4) is 22.5 Å². The smallest absolute Gasteiger partial charge is 0.416 e. The highest BCUT2D eigenvalue weighted by Gasteiger charge is 2.22. The molecule has 0 saturated heterocycles. The maximum absolute atomic E-state index is 15.0. The summed E-state index contributed by atoms with van der Waals surface area (Å²) >= 11 is 0. The molecule has 10 heteroatoms. The third kappa shape index (κ3) is 4.42. The zero-order chi connectivity index (χ0) is 24.6. The molecular weight excluding hydrogens is 441 g/mol. The number of rotatable bonds is 3. The Morgan fingerprint density at radius 1 is 1.12 bits per heavy atom. The van der Waals surface area contributed by atoms with Crippen molar-refractivity contribution in [3.05, 3.63) is 60.9 Å². The van der Waals surface area contributed by atoms with Gasteiger partial charge in [0.1, 0.15) is 11.4 Å². The molecular formula is C24H22FN5O4. The number of amides is 1. The molecule has 0 atom stereocenters. The van der Waals surface area contributed by atoms with Crippen molar-refractivity contribution in [2.24, 2.45) is 0 Å². The molecule has 4 rings (SSSR count). The molecule has 0 aliphatic carbocycles. The van der Waals surface area contributed by atoms with E-state index in [1.165, 1.54) is 30.4 Å². The van der Waals surface area contributed by atoms with Crippen LogP contribution in [0.1, 0.15) is 20.8 Å². The number of carbonyl (C=O) groups is 2. The number of carboxylic acid groups (broad SMARTS) is 1. The molecule has 9 nitrogen and oxygen atoms in total. The van der Waals surface area contributed by atoms with E-state index in [-0.39, 0.29) is 17.0 Å². The van der Waals surface area contributed by atoms with E-state index in [1.54, 1.807) is 57.3 Å². The van der Waals surface area contributed by atoms with E-state index in [2.05, 4.69) is 15.0 Å². The summed E-state index contributed by atoms with van der Waals surface area (Å²) in [7, 11) is 1.53. The highest BCUT2D eigenvalue weighted by molar-refractivity contribution is 5.94. The van der Waals surface area contributed by atoms with Crippen LogP contribution in [0.3, 0.4) is 0 Å². The van der Waals surface area contributed by atoms with E-state index in [1.807, 2.05) is 0 Å². The Morgan fingerprint density at radius 3 is 2.50 bits per heavy atom. The summed E-state index contributed by atoms with van der Waals surface area (Å²) < 4.78 is 21.3. The third-order valence-corrected chi connectivity index (χ3v) is 4.98. The van der Waals surface area contributed by atoms with E-state index in [4.69, 9.17) is 4.74 Å². The van der Waals surface area contributed by atoms with Gasteiger partial charge in [0.05, 0.1) is 23.1 Å². The zero-order valence-electron chi connectivity index (χ0n) is 19.0. The van der Waals surface area contributed by atoms with E-state index in [0.717, 1.165) is 4.57 Å². The number of carbonyl (C=O) groups excluding carboxylic acids is 1. The SMILES string of the molecule is CN(C(=O)OC(C)(C)C)c1ccc(-c2ccc(-c3cc4ccncc4n3C(=O)O)nc2F)cn1. The van der Waals surface area contributed by atoms with Gasteiger partial charge in [-0.25, -0.2) is 24.1 Å². The largest absolute Gasteiger partial charge is 0.464 e. The van der Waals surface area contributed by atoms with Gasteiger partial charge in [-0.15, -0.1) is 0 Å². The summed E-state index contributed by atoms with van der Waals surface area (Å²) in [5.74, 6) is -0.449. The topological polar surface area (TPSA) is 110 Å². The van der Waals surface area contributed by atoms with Gasteiger partial charge in [-0.05, 0) is 57.2 Å². The summed E-state index contributed by atoms with van der Waals surface area (Å²) in [5, 5.41) is 10.3. The van der Waals surface area contributed by atoms with Gasteiger partial charge in [0.25, 0.3) is 0 Å². The maximum Gasteiger partial charge on any atom is 0.416 e. The summed E-state index contributed by atoms with van der Waals surface area (Å²) in [6.07, 6.45) is 2.62. The molecule has 0 aliphatic rings. The summed E-state index contributed by atoms with van der Waals surface area (Å²) in [6, 6.07) is 9.53. The highest BCUT2D eigenvalue weighted by Crippen LogP contribution is 2.30. The van der Waals surface area contributed by atoms with Crippen molar-refractivity contribution in [1.82, 2.24) is 19.5 Å². The first kappa shape index (κ1) is 22.8. The van der Waals surface area contributed by atoms with Crippen molar-refractivity contribution in [3.63, 3.8) is 0 Å². The molecule has 1 amide bonds. The van der Waals surface area contributed by atoms with Crippen molar-refractivity contribution in [2.75, 3.05) is 11.9 Å². The molecule has 34 heavy (non-hydrogen) atoms. The number of anilines is 1. The van der Waals surface area contributed by atoms with Crippen LogP contribution < -0.4 is 4.90 Å². The van der Waals surface area contributed by atoms with E-state index >= 15 is 0 Å². The lowest BCUT2D eigenvalue weighted by atomic mass is 10.1. The minimum atomic E-state index is -1.22. The normalized spacial score (nSPS) is 11.4. The Kier molecular flexibility index (Phi) is 5.74. The van der Waals surface area contributed by atoms with Crippen LogP contribution in [-0.2, 0) is 4.74 Å². The van der Waals surface area contributed by atoms with Gasteiger partial charge in [-0.3, -0.25) is 9.88 Å². The number of ether oxygens (including phenoxy) is 1. The van der Waals surface area contributed by atoms with Gasteiger partial charge in [0.15, 0.2) is 0 Å². The Balaban J connectivity index is 1.64. The van der Waals surface area contributed by atoms with Gasteiger partial charge in [-0.1, -0.05) is 0 Å². The van der Waals surface area contributed by atoms with Crippen LogP contribution in [0.5, 0.6) is 0 Å². The van der Waals surface area contributed by atoms with Crippen LogP contribution in [0.4, 0.5) is 19.8 Å². The first-order valence-corrected chi connectivity index (χ1v) is 10.3. The summed E-state index contributed by atoms with van der Waals surface area (Å²) in [6.45, 7) is 5.30. The van der Waals surface area contributed by atoms with Crippen LogP contribution in [0.25, 0.3) is 33.4 Å². The summed E-state index contributed by atoms with van der Waals surface area (Å²) in [5.41, 5.74) is 0.751. The lowest BCUT2D eigenvalue weighted by molar-refractivity contribution is 0.0588. The first-order valence-electron chi connectivity index (χ1n) is 10.3. The second kappa shape index (κ2) is 8.54. The number of fused-ring (bicyclic) bond motifs is 1. The lowest BCUT2D eigenvalue weighted by Gasteiger charge is -2.24. The fourth-order valence-corrected chi connectivity index (χ4v) is 3.40. The van der Waals surface area contributed by atoms with Crippen LogP contribution in [0.15, 0.2) is 55.0 Å². The molecule has 4 aromatic rings. The average molecular weight is 463 g/mol. The van der Waals surface area contributed by atoms with Gasteiger partial charge < -0.3 is 9.84 Å². The molecule has 0 aliphatic heterocycles. The molecule has 0 saturated carbocycles. The van der Waals surface area contributed by atoms with Gasteiger partial charge >= 0.3 is 12.2 Å². The van der Waals surface area contributed by atoms with Crippen LogP contribution in [0, 0.1) is 5.95 Å². The standard InChI is InChI=1S/C24H22FN5O4/c1-24(2,3)34-23(33)29(4)20-8-5-15(12-27-20)16-6-7-17(28-21(16)25)18-11-14-9-10-26-13-19(14)30(18)22(31)32/h5-13H,1-4H3,(H,31,32). The second-order valence-corrected chi connectivity index (χ2v) is 8.56. The molecule has 1 N–H and O–H groups in total. The van der Waals surface area contributed by atoms with Crippen molar-refractivity contribution in [2.45, 2.75) is 26.4 Å². The number of aromatic nitrogens is 4. The predicted octanol–water partition coefficient (Wildman–Crippen LogP) is 5.20. The summed E-state index contributed by atoms with van der Waals surface area (Å²) in [4.78, 5) is 37.5. The molecule has 0 unspecified atom stereocenters. The predicted molar refractivity (Wildman–Crippen MR) is 124 cm³/mol. The van der Waals surface area contributed by atoms with Crippen molar-refractivity contribution < 1.29 is 23.8 Å². The first-order chi connectivity index (χ1) is 16.0. The number of halogens is 1. The monoisotopic (exact) mass is 463 g/mol. The molecule has 0 bridgehead atoms. The van der Waals surface area contributed by atoms with Crippen LogP contribution >= 0.6 is 0 Å². The molecule has 0 fully saturated rings. The minimum Gasteiger partial charge on any atom is -0.464 e. The fraction of sp³-hybridized carbons (Fsp3) is 0.208. The highest BCUT2D eigenvalue weighted by atomic mass is 19.1. The Bertz CT molecular complexity index is 1390. The van der Waals surface area contributed by atoms with Crippen molar-refractivity contribution in [1.29, 1.82) is 0 Å². The van der Waals surface area contributed by atoms with E-state index in [0.29, 0.717) is 22.3 Å². The molecule has 0 spiro atoms. The average Bonchev–Trinajstić information content (AvgIpc) is 3.17. The Morgan fingerprint density at radius 2 is 1.88 bits per heavy atom. The molecule has 4 heterocycles. The van der Waals surface area contributed by atoms with Crippen molar-refractivity contribution >= 4 is 28.9 Å². The number of pyridine rings is 3. The van der Waals surface area contributed by atoms with E-state index < -0.39 is 23.7 Å².